The molecule has 190 valence electrons. The Kier molecular flexibility index (Phi) is 10.2. The van der Waals surface area contributed by atoms with Crippen LogP contribution < -0.4 is 20.1 Å². The zero-order valence-corrected chi connectivity index (χ0v) is 23.1. The SMILES string of the molecule is CCOc1cc(/C=C(\C#N)C(=O)Nc2ccccc2Cl)cc(Br)c1OCC(=O)Nc1ccc(Cl)c(Cl)c1. The molecular weight excluding hydrogens is 605 g/mol. The van der Waals surface area contributed by atoms with Crippen molar-refractivity contribution in [2.24, 2.45) is 0 Å². The van der Waals surface area contributed by atoms with Crippen LogP contribution in [0.2, 0.25) is 15.1 Å². The summed E-state index contributed by atoms with van der Waals surface area (Å²) in [4.78, 5) is 25.0. The van der Waals surface area contributed by atoms with Gasteiger partial charge in [0.25, 0.3) is 11.8 Å². The van der Waals surface area contributed by atoms with Crippen molar-refractivity contribution in [2.75, 3.05) is 23.8 Å². The fraction of sp³-hybridized carbons (Fsp3) is 0.115. The summed E-state index contributed by atoms with van der Waals surface area (Å²) < 4.78 is 11.8. The third-order valence-electron chi connectivity index (χ3n) is 4.68. The normalized spacial score (nSPS) is 10.9. The molecule has 0 atom stereocenters. The number of rotatable bonds is 9. The first-order valence-electron chi connectivity index (χ1n) is 10.7. The summed E-state index contributed by atoms with van der Waals surface area (Å²) in [6.45, 7) is 1.77. The molecule has 0 fully saturated rings. The molecule has 7 nitrogen and oxygen atoms in total. The zero-order chi connectivity index (χ0) is 26.9. The smallest absolute Gasteiger partial charge is 0.266 e. The van der Waals surface area contributed by atoms with Crippen LogP contribution in [-0.4, -0.2) is 25.0 Å². The number of ether oxygens (including phenoxy) is 2. The molecule has 3 aromatic rings. The first-order chi connectivity index (χ1) is 17.7. The van der Waals surface area contributed by atoms with Crippen LogP contribution in [0.5, 0.6) is 11.5 Å². The average Bonchev–Trinajstić information content (AvgIpc) is 2.85. The molecule has 0 unspecified atom stereocenters. The zero-order valence-electron chi connectivity index (χ0n) is 19.3. The Labute approximate surface area is 237 Å². The molecule has 0 spiro atoms. The summed E-state index contributed by atoms with van der Waals surface area (Å²) in [5.74, 6) is -0.458. The molecule has 2 amide bonds. The second-order valence-corrected chi connectivity index (χ2v) is 9.41. The summed E-state index contributed by atoms with van der Waals surface area (Å²) in [6, 6.07) is 16.5. The van der Waals surface area contributed by atoms with E-state index in [9.17, 15) is 14.9 Å². The molecule has 2 N–H and O–H groups in total. The average molecular weight is 624 g/mol. The van der Waals surface area contributed by atoms with Gasteiger partial charge >= 0.3 is 0 Å². The van der Waals surface area contributed by atoms with Crippen LogP contribution in [0.1, 0.15) is 12.5 Å². The summed E-state index contributed by atoms with van der Waals surface area (Å²) >= 11 is 21.4. The van der Waals surface area contributed by atoms with Gasteiger partial charge in [-0.05, 0) is 77.0 Å². The van der Waals surface area contributed by atoms with Crippen LogP contribution in [-0.2, 0) is 9.59 Å². The lowest BCUT2D eigenvalue weighted by molar-refractivity contribution is -0.118. The quantitative estimate of drug-likeness (QED) is 0.192. The molecule has 0 saturated carbocycles. The number of hydrogen-bond donors (Lipinski definition) is 2. The van der Waals surface area contributed by atoms with Crippen molar-refractivity contribution in [1.82, 2.24) is 0 Å². The Bertz CT molecular complexity index is 1410. The van der Waals surface area contributed by atoms with Crippen LogP contribution in [0.25, 0.3) is 6.08 Å². The summed E-state index contributed by atoms with van der Waals surface area (Å²) in [7, 11) is 0. The predicted octanol–water partition coefficient (Wildman–Crippen LogP) is 7.37. The van der Waals surface area contributed by atoms with Gasteiger partial charge in [-0.25, -0.2) is 0 Å². The Hall–Kier alpha value is -3.22. The Morgan fingerprint density at radius 2 is 1.76 bits per heavy atom. The Morgan fingerprint density at radius 3 is 2.43 bits per heavy atom. The van der Waals surface area contributed by atoms with E-state index in [1.54, 1.807) is 55.5 Å². The monoisotopic (exact) mass is 621 g/mol. The standard InChI is InChI=1S/C26H19BrCl3N3O4/c1-2-36-23-11-15(9-16(13-31)26(35)33-22-6-4-3-5-20(22)29)10-18(27)25(23)37-14-24(34)32-17-7-8-19(28)21(30)12-17/h3-12H,2,14H2,1H3,(H,32,34)(H,33,35)/b16-9+. The third kappa shape index (κ3) is 7.88. The molecule has 37 heavy (non-hydrogen) atoms. The van der Waals surface area contributed by atoms with Crippen molar-refractivity contribution in [2.45, 2.75) is 6.92 Å². The first-order valence-corrected chi connectivity index (χ1v) is 12.7. The molecule has 0 radical (unpaired) electrons. The fourth-order valence-corrected chi connectivity index (χ4v) is 4.11. The molecule has 0 heterocycles. The summed E-state index contributed by atoms with van der Waals surface area (Å²) in [5, 5.41) is 15.9. The molecule has 0 aliphatic heterocycles. The molecule has 0 aliphatic carbocycles. The van der Waals surface area contributed by atoms with Gasteiger partial charge in [0.2, 0.25) is 0 Å². The molecule has 0 aromatic heterocycles. The molecule has 0 saturated heterocycles. The number of amides is 2. The van der Waals surface area contributed by atoms with Crippen LogP contribution in [0.15, 0.2) is 64.6 Å². The maximum Gasteiger partial charge on any atom is 0.266 e. The number of carbonyl (C=O) groups is 2. The van der Waals surface area contributed by atoms with Crippen molar-refractivity contribution in [3.05, 3.63) is 85.3 Å². The molecule has 0 bridgehead atoms. The highest BCUT2D eigenvalue weighted by molar-refractivity contribution is 9.10. The lowest BCUT2D eigenvalue weighted by Crippen LogP contribution is -2.20. The molecular formula is C26H19BrCl3N3O4. The van der Waals surface area contributed by atoms with Gasteiger partial charge < -0.3 is 20.1 Å². The first kappa shape index (κ1) is 28.4. The van der Waals surface area contributed by atoms with Gasteiger partial charge in [0, 0.05) is 5.69 Å². The number of benzene rings is 3. The van der Waals surface area contributed by atoms with Gasteiger partial charge in [0.15, 0.2) is 18.1 Å². The minimum absolute atomic E-state index is 0.149. The maximum atomic E-state index is 12.6. The third-order valence-corrected chi connectivity index (χ3v) is 6.34. The van der Waals surface area contributed by atoms with E-state index in [4.69, 9.17) is 44.3 Å². The van der Waals surface area contributed by atoms with E-state index in [1.807, 2.05) is 6.07 Å². The molecule has 3 rings (SSSR count). The van der Waals surface area contributed by atoms with E-state index in [2.05, 4.69) is 26.6 Å². The number of para-hydroxylation sites is 1. The van der Waals surface area contributed by atoms with E-state index in [-0.39, 0.29) is 17.9 Å². The summed E-state index contributed by atoms with van der Waals surface area (Å²) in [6.07, 6.45) is 1.40. The van der Waals surface area contributed by atoms with Gasteiger partial charge in [0.1, 0.15) is 11.6 Å². The van der Waals surface area contributed by atoms with Crippen LogP contribution in [0.3, 0.4) is 0 Å². The van der Waals surface area contributed by atoms with E-state index in [0.717, 1.165) is 0 Å². The fourth-order valence-electron chi connectivity index (χ4n) is 3.05. The van der Waals surface area contributed by atoms with E-state index >= 15 is 0 Å². The highest BCUT2D eigenvalue weighted by atomic mass is 79.9. The highest BCUT2D eigenvalue weighted by Gasteiger charge is 2.16. The Morgan fingerprint density at radius 1 is 1.00 bits per heavy atom. The largest absolute Gasteiger partial charge is 0.490 e. The number of halogens is 4. The number of hydrogen-bond acceptors (Lipinski definition) is 5. The van der Waals surface area contributed by atoms with Gasteiger partial charge in [-0.15, -0.1) is 0 Å². The Balaban J connectivity index is 1.77. The van der Waals surface area contributed by atoms with Gasteiger partial charge in [-0.1, -0.05) is 46.9 Å². The van der Waals surface area contributed by atoms with Gasteiger partial charge in [-0.2, -0.15) is 5.26 Å². The van der Waals surface area contributed by atoms with Crippen molar-refractivity contribution >= 4 is 80.0 Å². The molecule has 3 aromatic carbocycles. The lowest BCUT2D eigenvalue weighted by atomic mass is 10.1. The second kappa shape index (κ2) is 13.4. The van der Waals surface area contributed by atoms with Crippen molar-refractivity contribution < 1.29 is 19.1 Å². The van der Waals surface area contributed by atoms with Crippen molar-refractivity contribution in [1.29, 1.82) is 5.26 Å². The topological polar surface area (TPSA) is 100 Å². The second-order valence-electron chi connectivity index (χ2n) is 7.33. The number of carbonyl (C=O) groups excluding carboxylic acids is 2. The maximum absolute atomic E-state index is 12.6. The van der Waals surface area contributed by atoms with Crippen LogP contribution in [0.4, 0.5) is 11.4 Å². The number of nitrogens with zero attached hydrogens (tertiary/aromatic N) is 1. The molecule has 0 aliphatic rings. The summed E-state index contributed by atoms with van der Waals surface area (Å²) in [5.41, 5.74) is 1.19. The predicted molar refractivity (Wildman–Crippen MR) is 150 cm³/mol. The van der Waals surface area contributed by atoms with E-state index < -0.39 is 11.8 Å². The minimum atomic E-state index is -0.621. The van der Waals surface area contributed by atoms with Crippen molar-refractivity contribution in [3.63, 3.8) is 0 Å². The molecule has 11 heteroatoms. The van der Waals surface area contributed by atoms with Crippen LogP contribution in [0, 0.1) is 11.3 Å². The van der Waals surface area contributed by atoms with Crippen molar-refractivity contribution in [3.8, 4) is 17.6 Å². The van der Waals surface area contributed by atoms with Crippen LogP contribution >= 0.6 is 50.7 Å². The number of anilines is 2. The minimum Gasteiger partial charge on any atom is -0.490 e. The van der Waals surface area contributed by atoms with Gasteiger partial charge in [-0.3, -0.25) is 9.59 Å². The van der Waals surface area contributed by atoms with E-state index in [0.29, 0.717) is 48.8 Å². The number of nitrogens with one attached hydrogen (secondary N) is 2. The number of nitriles is 1. The van der Waals surface area contributed by atoms with E-state index in [1.165, 1.54) is 12.1 Å². The highest BCUT2D eigenvalue weighted by Crippen LogP contribution is 2.37. The lowest BCUT2D eigenvalue weighted by Gasteiger charge is -2.15. The van der Waals surface area contributed by atoms with Gasteiger partial charge in [0.05, 0.1) is 31.8 Å².